The van der Waals surface area contributed by atoms with E-state index in [9.17, 15) is 14.7 Å². The molecule has 1 fully saturated rings. The van der Waals surface area contributed by atoms with E-state index in [1.54, 1.807) is 47.4 Å². The largest absolute Gasteiger partial charge is 0.392 e. The van der Waals surface area contributed by atoms with Crippen LogP contribution in [0, 0.1) is 12.8 Å². The molecule has 3 heterocycles. The van der Waals surface area contributed by atoms with Crippen molar-refractivity contribution in [2.75, 3.05) is 5.75 Å². The van der Waals surface area contributed by atoms with Crippen LogP contribution in [0.2, 0.25) is 0 Å². The molecule has 8 nitrogen and oxygen atoms in total. The van der Waals surface area contributed by atoms with E-state index in [2.05, 4.69) is 17.1 Å². The van der Waals surface area contributed by atoms with Crippen LogP contribution in [0.25, 0.3) is 0 Å². The molecule has 0 spiro atoms. The predicted molar refractivity (Wildman–Crippen MR) is 155 cm³/mol. The lowest BCUT2D eigenvalue weighted by molar-refractivity contribution is -0.268. The summed E-state index contributed by atoms with van der Waals surface area (Å²) >= 11 is 3.19. The van der Waals surface area contributed by atoms with Crippen molar-refractivity contribution < 1.29 is 24.2 Å². The summed E-state index contributed by atoms with van der Waals surface area (Å²) in [6.45, 7) is 4.25. The number of rotatable bonds is 8. The van der Waals surface area contributed by atoms with Gasteiger partial charge in [0.1, 0.15) is 5.01 Å². The van der Waals surface area contributed by atoms with E-state index in [-0.39, 0.29) is 43.1 Å². The second-order valence-electron chi connectivity index (χ2n) is 10.2. The van der Waals surface area contributed by atoms with Crippen molar-refractivity contribution in [1.29, 1.82) is 0 Å². The lowest BCUT2D eigenvalue weighted by Gasteiger charge is -2.41. The van der Waals surface area contributed by atoms with Gasteiger partial charge in [-0.1, -0.05) is 90.7 Å². The number of carbonyl (C=O) groups excluding carboxylic acids is 2. The predicted octanol–water partition coefficient (Wildman–Crippen LogP) is 5.72. The summed E-state index contributed by atoms with van der Waals surface area (Å²) in [6.07, 6.45) is -0.950. The van der Waals surface area contributed by atoms with Crippen molar-refractivity contribution in [3.8, 4) is 0 Å². The molecule has 4 atom stereocenters. The van der Waals surface area contributed by atoms with E-state index < -0.39 is 6.29 Å². The number of benzene rings is 3. The molecule has 210 valence electrons. The van der Waals surface area contributed by atoms with E-state index in [0.29, 0.717) is 16.9 Å². The number of nitrogens with zero attached hydrogens (tertiary/aromatic N) is 3. The van der Waals surface area contributed by atoms with Crippen molar-refractivity contribution in [3.63, 3.8) is 0 Å². The highest BCUT2D eigenvalue weighted by molar-refractivity contribution is 8.01. The van der Waals surface area contributed by atoms with Crippen LogP contribution in [-0.4, -0.2) is 43.9 Å². The van der Waals surface area contributed by atoms with Crippen LogP contribution in [0.3, 0.4) is 0 Å². The Hall–Kier alpha value is -3.41. The van der Waals surface area contributed by atoms with Gasteiger partial charge in [0.25, 0.3) is 11.8 Å². The molecule has 10 heteroatoms. The molecular formula is C31H29N3O5S2. The van der Waals surface area contributed by atoms with E-state index in [1.807, 2.05) is 55.5 Å². The summed E-state index contributed by atoms with van der Waals surface area (Å²) in [4.78, 5) is 26.9. The molecule has 0 aliphatic carbocycles. The number of hydrogen-bond donors (Lipinski definition) is 1. The van der Waals surface area contributed by atoms with Gasteiger partial charge < -0.3 is 14.6 Å². The number of carbonyl (C=O) groups is 2. The second kappa shape index (κ2) is 11.8. The molecule has 2 aliphatic rings. The lowest BCUT2D eigenvalue weighted by Crippen LogP contribution is -2.38. The molecular weight excluding hydrogens is 558 g/mol. The Morgan fingerprint density at radius 1 is 0.878 bits per heavy atom. The SMILES string of the molecule is Cc1nnc(SC[C@@H]2O[C@H](c3ccc(CN4C(=O)c5ccccc5C4=O)cc3)O[C@H](c3ccc(CO)cc3)[C@@H]2C)s1. The zero-order valence-electron chi connectivity index (χ0n) is 22.6. The van der Waals surface area contributed by atoms with Gasteiger partial charge in [-0.2, -0.15) is 0 Å². The molecule has 1 saturated heterocycles. The molecule has 6 rings (SSSR count). The van der Waals surface area contributed by atoms with Crippen LogP contribution in [0.5, 0.6) is 0 Å². The normalized spacial score (nSPS) is 22.3. The van der Waals surface area contributed by atoms with Gasteiger partial charge in [0.2, 0.25) is 0 Å². The van der Waals surface area contributed by atoms with Crippen molar-refractivity contribution in [2.24, 2.45) is 5.92 Å². The van der Waals surface area contributed by atoms with Gasteiger partial charge in [0.05, 0.1) is 36.5 Å². The molecule has 1 N–H and O–H groups in total. The van der Waals surface area contributed by atoms with Crippen molar-refractivity contribution >= 4 is 34.9 Å². The molecule has 3 aromatic carbocycles. The Balaban J connectivity index is 1.20. The van der Waals surface area contributed by atoms with Gasteiger partial charge in [0.15, 0.2) is 10.6 Å². The van der Waals surface area contributed by atoms with Crippen LogP contribution in [-0.2, 0) is 22.6 Å². The number of amides is 2. The van der Waals surface area contributed by atoms with Crippen LogP contribution < -0.4 is 0 Å². The molecule has 1 aromatic heterocycles. The molecule has 41 heavy (non-hydrogen) atoms. The topological polar surface area (TPSA) is 102 Å². The number of thioether (sulfide) groups is 1. The van der Waals surface area contributed by atoms with Gasteiger partial charge in [-0.05, 0) is 35.7 Å². The average Bonchev–Trinajstić information content (AvgIpc) is 3.53. The fourth-order valence-electron chi connectivity index (χ4n) is 5.15. The minimum Gasteiger partial charge on any atom is -0.392 e. The summed E-state index contributed by atoms with van der Waals surface area (Å²) in [6, 6.07) is 22.4. The highest BCUT2D eigenvalue weighted by atomic mass is 32.2. The second-order valence-corrected chi connectivity index (χ2v) is 12.7. The van der Waals surface area contributed by atoms with Crippen molar-refractivity contribution in [1.82, 2.24) is 15.1 Å². The highest BCUT2D eigenvalue weighted by Crippen LogP contribution is 2.43. The van der Waals surface area contributed by atoms with Gasteiger partial charge >= 0.3 is 0 Å². The summed E-state index contributed by atoms with van der Waals surface area (Å²) in [7, 11) is 0. The molecule has 0 bridgehead atoms. The zero-order chi connectivity index (χ0) is 28.5. The third-order valence-electron chi connectivity index (χ3n) is 7.47. The number of imide groups is 1. The molecule has 0 unspecified atom stereocenters. The van der Waals surface area contributed by atoms with Gasteiger partial charge in [-0.25, -0.2) is 0 Å². The Morgan fingerprint density at radius 2 is 1.51 bits per heavy atom. The van der Waals surface area contributed by atoms with E-state index in [0.717, 1.165) is 31.6 Å². The standard InChI is InChI=1S/C31H29N3O5S2/c1-18-26(17-40-31-33-32-19(2)41-31)38-30(39-27(18)22-11-9-21(16-35)10-12-22)23-13-7-20(8-14-23)15-34-28(36)24-5-3-4-6-25(24)29(34)37/h3-14,18,26-27,30,35H,15-17H2,1-2H3/t18-,26+,27+,30+/m1/s1. The van der Waals surface area contributed by atoms with Gasteiger partial charge in [0, 0.05) is 17.2 Å². The number of aliphatic hydroxyl groups is 1. The minimum atomic E-state index is -0.608. The van der Waals surface area contributed by atoms with Gasteiger partial charge in [-0.15, -0.1) is 10.2 Å². The molecule has 0 saturated carbocycles. The quantitative estimate of drug-likeness (QED) is 0.206. The molecule has 4 aromatic rings. The smallest absolute Gasteiger partial charge is 0.261 e. The number of fused-ring (bicyclic) bond motifs is 1. The Morgan fingerprint density at radius 3 is 2.12 bits per heavy atom. The van der Waals surface area contributed by atoms with Crippen LogP contribution >= 0.6 is 23.1 Å². The number of hydrogen-bond acceptors (Lipinski definition) is 9. The number of aliphatic hydroxyl groups excluding tert-OH is 1. The lowest BCUT2D eigenvalue weighted by atomic mass is 9.91. The summed E-state index contributed by atoms with van der Waals surface area (Å²) in [5.41, 5.74) is 4.43. The highest BCUT2D eigenvalue weighted by Gasteiger charge is 2.39. The summed E-state index contributed by atoms with van der Waals surface area (Å²) in [5, 5.41) is 18.8. The molecule has 2 aliphatic heterocycles. The first-order valence-electron chi connectivity index (χ1n) is 13.4. The first-order chi connectivity index (χ1) is 19.9. The number of aromatic nitrogens is 2. The maximum Gasteiger partial charge on any atom is 0.261 e. The van der Waals surface area contributed by atoms with Crippen LogP contribution in [0.15, 0.2) is 77.1 Å². The monoisotopic (exact) mass is 587 g/mol. The zero-order valence-corrected chi connectivity index (χ0v) is 24.2. The maximum absolute atomic E-state index is 12.8. The van der Waals surface area contributed by atoms with E-state index >= 15 is 0 Å². The third kappa shape index (κ3) is 5.71. The Labute approximate surface area is 246 Å². The average molecular weight is 588 g/mol. The first-order valence-corrected chi connectivity index (χ1v) is 15.2. The van der Waals surface area contributed by atoms with Crippen LogP contribution in [0.1, 0.15) is 67.3 Å². The third-order valence-corrected chi connectivity index (χ3v) is 9.53. The molecule has 2 amide bonds. The summed E-state index contributed by atoms with van der Waals surface area (Å²) in [5.74, 6) is 0.201. The van der Waals surface area contributed by atoms with Crippen molar-refractivity contribution in [3.05, 3.63) is 111 Å². The number of aryl methyl sites for hydroxylation is 1. The fraction of sp³-hybridized carbons (Fsp3) is 0.290. The van der Waals surface area contributed by atoms with Gasteiger partial charge in [-0.3, -0.25) is 14.5 Å². The van der Waals surface area contributed by atoms with E-state index in [1.165, 1.54) is 4.90 Å². The van der Waals surface area contributed by atoms with E-state index in [4.69, 9.17) is 9.47 Å². The maximum atomic E-state index is 12.8. The summed E-state index contributed by atoms with van der Waals surface area (Å²) < 4.78 is 14.0. The Bertz CT molecular complexity index is 1520. The van der Waals surface area contributed by atoms with Crippen molar-refractivity contribution in [2.45, 2.75) is 49.8 Å². The van der Waals surface area contributed by atoms with Crippen LogP contribution in [0.4, 0.5) is 0 Å². The Kier molecular flexibility index (Phi) is 8.01. The number of ether oxygens (including phenoxy) is 2. The molecule has 0 radical (unpaired) electrons. The fourth-order valence-corrected chi connectivity index (χ4v) is 7.15. The first kappa shape index (κ1) is 27.7. The minimum absolute atomic E-state index is 0.0132.